The van der Waals surface area contributed by atoms with E-state index in [4.69, 9.17) is 9.15 Å². The van der Waals surface area contributed by atoms with Gasteiger partial charge in [-0.05, 0) is 32.8 Å². The molecule has 1 fully saturated rings. The van der Waals surface area contributed by atoms with Crippen LogP contribution in [0.4, 0.5) is 0 Å². The van der Waals surface area contributed by atoms with E-state index in [0.29, 0.717) is 36.3 Å². The van der Waals surface area contributed by atoms with Gasteiger partial charge in [0.1, 0.15) is 33.0 Å². The van der Waals surface area contributed by atoms with Gasteiger partial charge in [-0.15, -0.1) is 0 Å². The Labute approximate surface area is 112 Å². The number of rotatable bonds is 3. The van der Waals surface area contributed by atoms with E-state index in [1.807, 2.05) is 0 Å². The molecule has 0 spiro atoms. The first-order valence-electron chi connectivity index (χ1n) is 6.24. The fourth-order valence-electron chi connectivity index (χ4n) is 2.44. The quantitative estimate of drug-likeness (QED) is 0.795. The number of hydrogen-bond acceptors (Lipinski definition) is 5. The van der Waals surface area contributed by atoms with Crippen molar-refractivity contribution in [1.82, 2.24) is 0 Å². The summed E-state index contributed by atoms with van der Waals surface area (Å²) in [5.74, 6) is 0.749. The number of esters is 1. The van der Waals surface area contributed by atoms with Crippen molar-refractivity contribution in [3.8, 4) is 0 Å². The highest BCUT2D eigenvalue weighted by atomic mass is 32.2. The summed E-state index contributed by atoms with van der Waals surface area (Å²) in [6.07, 6.45) is 2.45. The van der Waals surface area contributed by atoms with Crippen molar-refractivity contribution in [3.63, 3.8) is 0 Å². The summed E-state index contributed by atoms with van der Waals surface area (Å²) in [4.78, 5) is 12.0. The van der Waals surface area contributed by atoms with Crippen LogP contribution >= 0.6 is 0 Å². The molecule has 1 saturated carbocycles. The SMILES string of the molecule is Cc1cc(C(=O)O[C@H]2CC[C@H](S(C)(=O)=O)C2)c(C)o1. The summed E-state index contributed by atoms with van der Waals surface area (Å²) >= 11 is 0. The van der Waals surface area contributed by atoms with Gasteiger partial charge in [0.05, 0.1) is 5.25 Å². The molecular weight excluding hydrogens is 268 g/mol. The first kappa shape index (κ1) is 14.1. The summed E-state index contributed by atoms with van der Waals surface area (Å²) in [6.45, 7) is 3.47. The first-order valence-corrected chi connectivity index (χ1v) is 8.19. The molecule has 1 aliphatic rings. The molecule has 1 heterocycles. The summed E-state index contributed by atoms with van der Waals surface area (Å²) in [6, 6.07) is 1.64. The van der Waals surface area contributed by atoms with Crippen molar-refractivity contribution in [2.45, 2.75) is 44.5 Å². The molecule has 0 aliphatic heterocycles. The molecule has 5 nitrogen and oxygen atoms in total. The van der Waals surface area contributed by atoms with E-state index in [9.17, 15) is 13.2 Å². The number of hydrogen-bond donors (Lipinski definition) is 0. The largest absolute Gasteiger partial charge is 0.466 e. The highest BCUT2D eigenvalue weighted by molar-refractivity contribution is 7.91. The first-order chi connectivity index (χ1) is 8.77. The van der Waals surface area contributed by atoms with Crippen LogP contribution in [-0.2, 0) is 14.6 Å². The van der Waals surface area contributed by atoms with E-state index in [1.165, 1.54) is 6.26 Å². The van der Waals surface area contributed by atoms with Crippen LogP contribution < -0.4 is 0 Å². The average Bonchev–Trinajstić information content (AvgIpc) is 2.84. The topological polar surface area (TPSA) is 73.6 Å². The van der Waals surface area contributed by atoms with Gasteiger partial charge < -0.3 is 9.15 Å². The van der Waals surface area contributed by atoms with E-state index >= 15 is 0 Å². The zero-order valence-electron chi connectivity index (χ0n) is 11.3. The van der Waals surface area contributed by atoms with Crippen molar-refractivity contribution < 1.29 is 22.4 Å². The number of carbonyl (C=O) groups is 1. The third-order valence-corrected chi connectivity index (χ3v) is 5.12. The molecule has 0 N–H and O–H groups in total. The van der Waals surface area contributed by atoms with Crippen molar-refractivity contribution in [3.05, 3.63) is 23.2 Å². The van der Waals surface area contributed by atoms with E-state index < -0.39 is 21.1 Å². The van der Waals surface area contributed by atoms with Gasteiger partial charge in [-0.3, -0.25) is 0 Å². The zero-order chi connectivity index (χ0) is 14.2. The second-order valence-corrected chi connectivity index (χ2v) is 7.44. The predicted octanol–water partition coefficient (Wildman–Crippen LogP) is 2.02. The second kappa shape index (κ2) is 5.00. The number of carbonyl (C=O) groups excluding carboxylic acids is 1. The monoisotopic (exact) mass is 286 g/mol. The summed E-state index contributed by atoms with van der Waals surface area (Å²) in [5, 5.41) is -0.391. The Hall–Kier alpha value is -1.30. The van der Waals surface area contributed by atoms with Crippen molar-refractivity contribution in [2.24, 2.45) is 0 Å². The number of aryl methyl sites for hydroxylation is 2. The van der Waals surface area contributed by atoms with Gasteiger partial charge in [0.2, 0.25) is 0 Å². The highest BCUT2D eigenvalue weighted by Crippen LogP contribution is 2.28. The maximum atomic E-state index is 12.0. The molecule has 1 aromatic rings. The molecule has 0 amide bonds. The molecule has 2 rings (SSSR count). The minimum atomic E-state index is -3.05. The van der Waals surface area contributed by atoms with Crippen LogP contribution in [0.15, 0.2) is 10.5 Å². The molecule has 0 unspecified atom stereocenters. The molecule has 0 aromatic carbocycles. The van der Waals surface area contributed by atoms with Gasteiger partial charge in [-0.1, -0.05) is 0 Å². The van der Waals surface area contributed by atoms with Crippen molar-refractivity contribution >= 4 is 15.8 Å². The lowest BCUT2D eigenvalue weighted by molar-refractivity contribution is 0.0316. The van der Waals surface area contributed by atoms with Gasteiger partial charge in [0.15, 0.2) is 0 Å². The maximum Gasteiger partial charge on any atom is 0.341 e. The Kier molecular flexibility index (Phi) is 3.71. The standard InChI is InChI=1S/C13H18O5S/c1-8-6-12(9(2)17-8)13(14)18-10-4-5-11(7-10)19(3,15)16/h6,10-11H,4-5,7H2,1-3H3/t10-,11-/m0/s1. The molecule has 0 radical (unpaired) electrons. The van der Waals surface area contributed by atoms with Gasteiger partial charge in [0, 0.05) is 12.7 Å². The van der Waals surface area contributed by atoms with Gasteiger partial charge in [-0.25, -0.2) is 13.2 Å². The maximum absolute atomic E-state index is 12.0. The van der Waals surface area contributed by atoms with Crippen LogP contribution in [0.25, 0.3) is 0 Å². The van der Waals surface area contributed by atoms with E-state index in [0.717, 1.165) is 0 Å². The normalized spacial score (nSPS) is 23.5. The Morgan fingerprint density at radius 3 is 2.53 bits per heavy atom. The summed E-state index contributed by atoms with van der Waals surface area (Å²) in [5.41, 5.74) is 0.417. The number of ether oxygens (including phenoxy) is 1. The van der Waals surface area contributed by atoms with E-state index in [-0.39, 0.29) is 6.10 Å². The number of sulfone groups is 1. The molecule has 1 aliphatic carbocycles. The molecule has 2 atom stereocenters. The van der Waals surface area contributed by atoms with Gasteiger partial charge in [-0.2, -0.15) is 0 Å². The van der Waals surface area contributed by atoms with Gasteiger partial charge in [0.25, 0.3) is 0 Å². The fraction of sp³-hybridized carbons (Fsp3) is 0.615. The zero-order valence-corrected chi connectivity index (χ0v) is 12.1. The smallest absolute Gasteiger partial charge is 0.341 e. The van der Waals surface area contributed by atoms with Crippen LogP contribution in [0, 0.1) is 13.8 Å². The van der Waals surface area contributed by atoms with Crippen LogP contribution in [0.5, 0.6) is 0 Å². The molecular formula is C13H18O5S. The van der Waals surface area contributed by atoms with Crippen LogP contribution in [0.1, 0.15) is 41.1 Å². The lowest BCUT2D eigenvalue weighted by Gasteiger charge is -2.11. The van der Waals surface area contributed by atoms with Crippen LogP contribution in [-0.4, -0.2) is 32.0 Å². The Balaban J connectivity index is 2.00. The third kappa shape index (κ3) is 3.18. The lowest BCUT2D eigenvalue weighted by atomic mass is 10.2. The number of furan rings is 1. The third-order valence-electron chi connectivity index (χ3n) is 3.48. The lowest BCUT2D eigenvalue weighted by Crippen LogP contribution is -2.20. The Morgan fingerprint density at radius 1 is 1.37 bits per heavy atom. The minimum absolute atomic E-state index is 0.318. The average molecular weight is 286 g/mol. The summed E-state index contributed by atoms with van der Waals surface area (Å²) in [7, 11) is -3.05. The predicted molar refractivity (Wildman–Crippen MR) is 69.9 cm³/mol. The van der Waals surface area contributed by atoms with Crippen LogP contribution in [0.3, 0.4) is 0 Å². The molecule has 19 heavy (non-hydrogen) atoms. The molecule has 106 valence electrons. The molecule has 6 heteroatoms. The molecule has 0 bridgehead atoms. The van der Waals surface area contributed by atoms with Crippen LogP contribution in [0.2, 0.25) is 0 Å². The Morgan fingerprint density at radius 2 is 2.05 bits per heavy atom. The van der Waals surface area contributed by atoms with E-state index in [1.54, 1.807) is 19.9 Å². The van der Waals surface area contributed by atoms with Crippen molar-refractivity contribution in [1.29, 1.82) is 0 Å². The van der Waals surface area contributed by atoms with Crippen molar-refractivity contribution in [2.75, 3.05) is 6.26 Å². The van der Waals surface area contributed by atoms with E-state index in [2.05, 4.69) is 0 Å². The Bertz CT molecular complexity index is 584. The minimum Gasteiger partial charge on any atom is -0.466 e. The van der Waals surface area contributed by atoms with Gasteiger partial charge >= 0.3 is 5.97 Å². The second-order valence-electron chi connectivity index (χ2n) is 5.12. The fourth-order valence-corrected chi connectivity index (χ4v) is 3.57. The highest BCUT2D eigenvalue weighted by Gasteiger charge is 2.34. The molecule has 1 aromatic heterocycles. The summed E-state index contributed by atoms with van der Waals surface area (Å²) < 4.78 is 33.5. The molecule has 0 saturated heterocycles.